The topological polar surface area (TPSA) is 63.4 Å². The van der Waals surface area contributed by atoms with E-state index < -0.39 is 0 Å². The van der Waals surface area contributed by atoms with Crippen LogP contribution in [0.4, 0.5) is 0 Å². The summed E-state index contributed by atoms with van der Waals surface area (Å²) in [5.41, 5.74) is 0. The standard InChI is InChI=1S/C13H22N4O2/c1-17-6-5-14-8-11(17)13-15-12(19-16-13)4-7-18-9-10-2-3-10/h10-11,14H,2-9H2,1H3. The Bertz CT molecular complexity index is 405. The second kappa shape index (κ2) is 5.98. The molecule has 6 heteroatoms. The number of piperazine rings is 1. The molecule has 1 atom stereocenters. The summed E-state index contributed by atoms with van der Waals surface area (Å²) < 4.78 is 10.9. The first-order chi connectivity index (χ1) is 9.33. The van der Waals surface area contributed by atoms with Gasteiger partial charge in [0.05, 0.1) is 19.1 Å². The van der Waals surface area contributed by atoms with Crippen molar-refractivity contribution in [1.82, 2.24) is 20.4 Å². The highest BCUT2D eigenvalue weighted by Crippen LogP contribution is 2.28. The molecule has 0 aromatic carbocycles. The van der Waals surface area contributed by atoms with Gasteiger partial charge >= 0.3 is 0 Å². The van der Waals surface area contributed by atoms with Crippen molar-refractivity contribution in [2.24, 2.45) is 5.92 Å². The van der Waals surface area contributed by atoms with E-state index >= 15 is 0 Å². The van der Waals surface area contributed by atoms with Crippen LogP contribution in [0.1, 0.15) is 30.6 Å². The van der Waals surface area contributed by atoms with Gasteiger partial charge in [-0.3, -0.25) is 4.90 Å². The number of nitrogens with one attached hydrogen (secondary N) is 1. The van der Waals surface area contributed by atoms with Crippen LogP contribution in [0.2, 0.25) is 0 Å². The number of likely N-dealkylation sites (N-methyl/N-ethyl adjacent to an activating group) is 1. The molecule has 1 saturated heterocycles. The van der Waals surface area contributed by atoms with E-state index in [0.717, 1.165) is 38.0 Å². The number of hydrogen-bond acceptors (Lipinski definition) is 6. The lowest BCUT2D eigenvalue weighted by Gasteiger charge is -2.30. The van der Waals surface area contributed by atoms with Gasteiger partial charge in [0.25, 0.3) is 0 Å². The summed E-state index contributed by atoms with van der Waals surface area (Å²) in [7, 11) is 2.10. The molecule has 3 rings (SSSR count). The number of rotatable bonds is 6. The van der Waals surface area contributed by atoms with Crippen molar-refractivity contribution >= 4 is 0 Å². The second-order valence-corrected chi connectivity index (χ2v) is 5.52. The molecular weight excluding hydrogens is 244 g/mol. The molecule has 0 amide bonds. The zero-order valence-electron chi connectivity index (χ0n) is 11.5. The van der Waals surface area contributed by atoms with E-state index in [-0.39, 0.29) is 6.04 Å². The third-order valence-corrected chi connectivity index (χ3v) is 3.80. The molecule has 0 bridgehead atoms. The van der Waals surface area contributed by atoms with Crippen molar-refractivity contribution in [1.29, 1.82) is 0 Å². The van der Waals surface area contributed by atoms with Crippen LogP contribution >= 0.6 is 0 Å². The zero-order chi connectivity index (χ0) is 13.1. The van der Waals surface area contributed by atoms with Gasteiger partial charge in [0.15, 0.2) is 5.82 Å². The minimum atomic E-state index is 0.221. The molecule has 6 nitrogen and oxygen atoms in total. The van der Waals surface area contributed by atoms with Crippen LogP contribution in [0.5, 0.6) is 0 Å². The lowest BCUT2D eigenvalue weighted by atomic mass is 10.2. The minimum absolute atomic E-state index is 0.221. The van der Waals surface area contributed by atoms with Gasteiger partial charge in [0.1, 0.15) is 0 Å². The first-order valence-corrected chi connectivity index (χ1v) is 7.14. The predicted molar refractivity (Wildman–Crippen MR) is 69.8 cm³/mol. The summed E-state index contributed by atoms with van der Waals surface area (Å²) in [6.07, 6.45) is 3.36. The highest BCUT2D eigenvalue weighted by Gasteiger charge is 2.25. The van der Waals surface area contributed by atoms with Gasteiger partial charge in [-0.25, -0.2) is 0 Å². The fourth-order valence-corrected chi connectivity index (χ4v) is 2.29. The van der Waals surface area contributed by atoms with Crippen LogP contribution < -0.4 is 5.32 Å². The van der Waals surface area contributed by atoms with Gasteiger partial charge in [0.2, 0.25) is 5.89 Å². The molecule has 19 heavy (non-hydrogen) atoms. The van der Waals surface area contributed by atoms with Gasteiger partial charge in [-0.15, -0.1) is 0 Å². The SMILES string of the molecule is CN1CCNCC1c1noc(CCOCC2CC2)n1. The van der Waals surface area contributed by atoms with E-state index in [2.05, 4.69) is 27.4 Å². The van der Waals surface area contributed by atoms with Crippen molar-refractivity contribution in [2.75, 3.05) is 39.9 Å². The lowest BCUT2D eigenvalue weighted by Crippen LogP contribution is -2.44. The van der Waals surface area contributed by atoms with Crippen molar-refractivity contribution in [3.63, 3.8) is 0 Å². The Balaban J connectivity index is 1.47. The maximum absolute atomic E-state index is 5.59. The van der Waals surface area contributed by atoms with Crippen LogP contribution in [-0.2, 0) is 11.2 Å². The molecule has 0 spiro atoms. The van der Waals surface area contributed by atoms with E-state index in [1.165, 1.54) is 12.8 Å². The molecule has 1 saturated carbocycles. The average Bonchev–Trinajstić information content (AvgIpc) is 3.13. The van der Waals surface area contributed by atoms with Crippen molar-refractivity contribution in [2.45, 2.75) is 25.3 Å². The predicted octanol–water partition coefficient (Wildman–Crippen LogP) is 0.615. The largest absolute Gasteiger partial charge is 0.381 e. The Morgan fingerprint density at radius 1 is 1.47 bits per heavy atom. The maximum atomic E-state index is 5.59. The third kappa shape index (κ3) is 3.52. The summed E-state index contributed by atoms with van der Waals surface area (Å²) in [5, 5.41) is 7.45. The number of nitrogens with zero attached hydrogens (tertiary/aromatic N) is 3. The molecular formula is C13H22N4O2. The Morgan fingerprint density at radius 2 is 2.37 bits per heavy atom. The minimum Gasteiger partial charge on any atom is -0.381 e. The van der Waals surface area contributed by atoms with Crippen LogP contribution in [0.25, 0.3) is 0 Å². The molecule has 0 radical (unpaired) electrons. The Kier molecular flexibility index (Phi) is 4.10. The molecule has 1 aromatic heterocycles. The summed E-state index contributed by atoms with van der Waals surface area (Å²) in [6, 6.07) is 0.221. The van der Waals surface area contributed by atoms with Crippen molar-refractivity contribution in [3.05, 3.63) is 11.7 Å². The average molecular weight is 266 g/mol. The molecule has 1 aromatic rings. The van der Waals surface area contributed by atoms with Crippen molar-refractivity contribution < 1.29 is 9.26 Å². The first kappa shape index (κ1) is 13.0. The van der Waals surface area contributed by atoms with Crippen LogP contribution in [0.3, 0.4) is 0 Å². The molecule has 1 unspecified atom stereocenters. The van der Waals surface area contributed by atoms with E-state index in [1.54, 1.807) is 0 Å². The van der Waals surface area contributed by atoms with E-state index in [0.29, 0.717) is 18.9 Å². The van der Waals surface area contributed by atoms with E-state index in [9.17, 15) is 0 Å². The molecule has 1 aliphatic carbocycles. The number of hydrogen-bond donors (Lipinski definition) is 1. The molecule has 2 aliphatic rings. The summed E-state index contributed by atoms with van der Waals surface area (Å²) in [6.45, 7) is 4.48. The van der Waals surface area contributed by atoms with Crippen LogP contribution in [0.15, 0.2) is 4.52 Å². The molecule has 1 aliphatic heterocycles. The second-order valence-electron chi connectivity index (χ2n) is 5.52. The molecule has 2 fully saturated rings. The van der Waals surface area contributed by atoms with Gasteiger partial charge in [-0.1, -0.05) is 5.16 Å². The van der Waals surface area contributed by atoms with E-state index in [1.807, 2.05) is 0 Å². The van der Waals surface area contributed by atoms with E-state index in [4.69, 9.17) is 9.26 Å². The first-order valence-electron chi connectivity index (χ1n) is 7.14. The summed E-state index contributed by atoms with van der Waals surface area (Å²) in [5.74, 6) is 2.27. The quantitative estimate of drug-likeness (QED) is 0.761. The normalized spacial score (nSPS) is 24.8. The lowest BCUT2D eigenvalue weighted by molar-refractivity contribution is 0.121. The Labute approximate surface area is 113 Å². The summed E-state index contributed by atoms with van der Waals surface area (Å²) in [4.78, 5) is 6.74. The zero-order valence-corrected chi connectivity index (χ0v) is 11.5. The molecule has 2 heterocycles. The highest BCUT2D eigenvalue weighted by molar-refractivity contribution is 4.97. The fourth-order valence-electron chi connectivity index (χ4n) is 2.29. The van der Waals surface area contributed by atoms with Gasteiger partial charge in [-0.05, 0) is 25.8 Å². The smallest absolute Gasteiger partial charge is 0.229 e. The number of ether oxygens (including phenoxy) is 1. The Morgan fingerprint density at radius 3 is 3.16 bits per heavy atom. The van der Waals surface area contributed by atoms with Gasteiger partial charge < -0.3 is 14.6 Å². The maximum Gasteiger partial charge on any atom is 0.229 e. The van der Waals surface area contributed by atoms with Crippen molar-refractivity contribution in [3.8, 4) is 0 Å². The van der Waals surface area contributed by atoms with Crippen LogP contribution in [0, 0.1) is 5.92 Å². The highest BCUT2D eigenvalue weighted by atomic mass is 16.5. The van der Waals surface area contributed by atoms with Gasteiger partial charge in [0, 0.05) is 26.2 Å². The fraction of sp³-hybridized carbons (Fsp3) is 0.846. The number of aromatic nitrogens is 2. The molecule has 1 N–H and O–H groups in total. The third-order valence-electron chi connectivity index (χ3n) is 3.80. The Hall–Kier alpha value is -0.980. The summed E-state index contributed by atoms with van der Waals surface area (Å²) >= 11 is 0. The monoisotopic (exact) mass is 266 g/mol. The molecule has 106 valence electrons. The van der Waals surface area contributed by atoms with Crippen LogP contribution in [-0.4, -0.2) is 54.9 Å². The van der Waals surface area contributed by atoms with Gasteiger partial charge in [-0.2, -0.15) is 4.98 Å².